The SMILES string of the molecule is CON=CC(=O)c1nc(N)cs1. The third kappa shape index (κ3) is 2.03. The molecule has 64 valence electrons. The molecule has 0 aromatic carbocycles. The Balaban J connectivity index is 2.72. The summed E-state index contributed by atoms with van der Waals surface area (Å²) >= 11 is 1.18. The highest BCUT2D eigenvalue weighted by molar-refractivity contribution is 7.12. The molecule has 1 rings (SSSR count). The van der Waals surface area contributed by atoms with Crippen molar-refractivity contribution >= 4 is 29.2 Å². The highest BCUT2D eigenvalue weighted by Crippen LogP contribution is 2.10. The van der Waals surface area contributed by atoms with E-state index in [1.807, 2.05) is 0 Å². The van der Waals surface area contributed by atoms with Gasteiger partial charge in [-0.1, -0.05) is 5.16 Å². The molecule has 0 fully saturated rings. The number of thiazole rings is 1. The minimum Gasteiger partial charge on any atom is -0.399 e. The maximum atomic E-state index is 11.1. The first kappa shape index (κ1) is 8.66. The van der Waals surface area contributed by atoms with Gasteiger partial charge in [-0.2, -0.15) is 0 Å². The smallest absolute Gasteiger partial charge is 0.235 e. The molecular weight excluding hydrogens is 178 g/mol. The van der Waals surface area contributed by atoms with Gasteiger partial charge in [0.1, 0.15) is 19.1 Å². The Labute approximate surface area is 72.9 Å². The molecule has 1 aromatic heterocycles. The van der Waals surface area contributed by atoms with Crippen LogP contribution in [0.1, 0.15) is 9.80 Å². The number of Topliss-reactive ketones (excluding diaryl/α,β-unsaturated/α-hetero) is 1. The van der Waals surface area contributed by atoms with Crippen LogP contribution in [0.25, 0.3) is 0 Å². The molecule has 0 amide bonds. The van der Waals surface area contributed by atoms with Crippen LogP contribution in [0.3, 0.4) is 0 Å². The lowest BCUT2D eigenvalue weighted by molar-refractivity contribution is 0.106. The third-order valence-electron chi connectivity index (χ3n) is 1.01. The zero-order valence-corrected chi connectivity index (χ0v) is 7.17. The molecule has 0 spiro atoms. The summed E-state index contributed by atoms with van der Waals surface area (Å²) in [5.41, 5.74) is 5.32. The molecule has 5 nitrogen and oxygen atoms in total. The molecular formula is C6H7N3O2S. The zero-order valence-electron chi connectivity index (χ0n) is 6.35. The van der Waals surface area contributed by atoms with Crippen LogP contribution in [0, 0.1) is 0 Å². The van der Waals surface area contributed by atoms with Crippen LogP contribution in [0.5, 0.6) is 0 Å². The van der Waals surface area contributed by atoms with E-state index in [9.17, 15) is 4.79 Å². The van der Waals surface area contributed by atoms with Crippen molar-refractivity contribution in [1.82, 2.24) is 4.98 Å². The Kier molecular flexibility index (Phi) is 2.76. The van der Waals surface area contributed by atoms with Gasteiger partial charge in [0.05, 0.1) is 0 Å². The molecule has 0 atom stereocenters. The van der Waals surface area contributed by atoms with Gasteiger partial charge in [-0.05, 0) is 0 Å². The second kappa shape index (κ2) is 3.82. The lowest BCUT2D eigenvalue weighted by Crippen LogP contribution is -2.00. The number of aromatic nitrogens is 1. The van der Waals surface area contributed by atoms with Crippen LogP contribution in [-0.2, 0) is 4.84 Å². The highest BCUT2D eigenvalue weighted by Gasteiger charge is 2.06. The molecule has 0 aliphatic carbocycles. The van der Waals surface area contributed by atoms with Gasteiger partial charge < -0.3 is 10.6 Å². The van der Waals surface area contributed by atoms with Gasteiger partial charge in [0.15, 0.2) is 5.01 Å². The number of hydrogen-bond donors (Lipinski definition) is 1. The van der Waals surface area contributed by atoms with E-state index in [-0.39, 0.29) is 5.78 Å². The molecule has 1 heterocycles. The topological polar surface area (TPSA) is 77.6 Å². The van der Waals surface area contributed by atoms with Gasteiger partial charge in [-0.15, -0.1) is 11.3 Å². The molecule has 0 aliphatic rings. The van der Waals surface area contributed by atoms with Crippen LogP contribution < -0.4 is 5.73 Å². The Hall–Kier alpha value is -1.43. The lowest BCUT2D eigenvalue weighted by atomic mass is 10.4. The number of anilines is 1. The summed E-state index contributed by atoms with van der Waals surface area (Å²) in [5.74, 6) is 0.0349. The fraction of sp³-hybridized carbons (Fsp3) is 0.167. The number of nitrogens with two attached hydrogens (primary N) is 1. The van der Waals surface area contributed by atoms with Gasteiger partial charge in [0.2, 0.25) is 5.78 Å². The Bertz CT molecular complexity index is 307. The Morgan fingerprint density at radius 2 is 2.67 bits per heavy atom. The number of nitrogen functional groups attached to an aromatic ring is 1. The van der Waals surface area contributed by atoms with E-state index >= 15 is 0 Å². The first-order valence-corrected chi connectivity index (χ1v) is 3.94. The van der Waals surface area contributed by atoms with Crippen molar-refractivity contribution in [2.45, 2.75) is 0 Å². The summed E-state index contributed by atoms with van der Waals surface area (Å²) in [5, 5.41) is 5.21. The molecule has 6 heteroatoms. The first-order chi connectivity index (χ1) is 5.74. The van der Waals surface area contributed by atoms with E-state index in [2.05, 4.69) is 15.0 Å². The second-order valence-corrected chi connectivity index (χ2v) is 2.72. The minimum atomic E-state index is -0.307. The molecule has 0 saturated carbocycles. The third-order valence-corrected chi connectivity index (χ3v) is 1.88. The summed E-state index contributed by atoms with van der Waals surface area (Å²) < 4.78 is 0. The van der Waals surface area contributed by atoms with E-state index in [1.165, 1.54) is 18.4 Å². The molecule has 0 saturated heterocycles. The maximum Gasteiger partial charge on any atom is 0.235 e. The summed E-state index contributed by atoms with van der Waals surface area (Å²) in [6.07, 6.45) is 1.05. The van der Waals surface area contributed by atoms with Gasteiger partial charge in [0, 0.05) is 5.38 Å². The maximum absolute atomic E-state index is 11.1. The molecule has 0 bridgehead atoms. The summed E-state index contributed by atoms with van der Waals surface area (Å²) in [6, 6.07) is 0. The van der Waals surface area contributed by atoms with Crippen molar-refractivity contribution in [1.29, 1.82) is 0 Å². The fourth-order valence-corrected chi connectivity index (χ4v) is 1.17. The van der Waals surface area contributed by atoms with Crippen LogP contribution in [0.4, 0.5) is 5.82 Å². The Morgan fingerprint density at radius 3 is 3.17 bits per heavy atom. The number of carbonyl (C=O) groups excluding carboxylic acids is 1. The predicted molar refractivity (Wildman–Crippen MR) is 46.4 cm³/mol. The zero-order chi connectivity index (χ0) is 8.97. The number of hydrogen-bond acceptors (Lipinski definition) is 6. The van der Waals surface area contributed by atoms with E-state index in [0.717, 1.165) is 6.21 Å². The van der Waals surface area contributed by atoms with Crippen molar-refractivity contribution in [3.8, 4) is 0 Å². The van der Waals surface area contributed by atoms with Gasteiger partial charge in [0.25, 0.3) is 0 Å². The van der Waals surface area contributed by atoms with E-state index in [4.69, 9.17) is 5.73 Å². The van der Waals surface area contributed by atoms with Crippen LogP contribution in [0.2, 0.25) is 0 Å². The molecule has 1 aromatic rings. The van der Waals surface area contributed by atoms with Crippen molar-refractivity contribution in [3.63, 3.8) is 0 Å². The first-order valence-electron chi connectivity index (χ1n) is 3.06. The second-order valence-electron chi connectivity index (χ2n) is 1.86. The summed E-state index contributed by atoms with van der Waals surface area (Å²) in [7, 11) is 1.36. The predicted octanol–water partition coefficient (Wildman–Crippen LogP) is 0.540. The quantitative estimate of drug-likeness (QED) is 0.423. The Morgan fingerprint density at radius 1 is 1.92 bits per heavy atom. The number of ketones is 1. The molecule has 2 N–H and O–H groups in total. The summed E-state index contributed by atoms with van der Waals surface area (Å²) in [6.45, 7) is 0. The number of nitrogens with zero attached hydrogens (tertiary/aromatic N) is 2. The van der Waals surface area contributed by atoms with E-state index in [1.54, 1.807) is 5.38 Å². The summed E-state index contributed by atoms with van der Waals surface area (Å²) in [4.78, 5) is 19.2. The lowest BCUT2D eigenvalue weighted by Gasteiger charge is -1.85. The highest BCUT2D eigenvalue weighted by atomic mass is 32.1. The number of rotatable bonds is 3. The molecule has 0 aliphatic heterocycles. The normalized spacial score (nSPS) is 10.4. The van der Waals surface area contributed by atoms with Crippen LogP contribution in [0.15, 0.2) is 10.5 Å². The molecule has 0 radical (unpaired) electrons. The average Bonchev–Trinajstić information content (AvgIpc) is 2.47. The van der Waals surface area contributed by atoms with Crippen LogP contribution >= 0.6 is 11.3 Å². The van der Waals surface area contributed by atoms with Crippen molar-refractivity contribution in [3.05, 3.63) is 10.4 Å². The van der Waals surface area contributed by atoms with Crippen molar-refractivity contribution in [2.24, 2.45) is 5.16 Å². The molecule has 0 unspecified atom stereocenters. The standard InChI is InChI=1S/C6H7N3O2S/c1-11-8-2-4(10)6-9-5(7)3-12-6/h2-3H,7H2,1H3. The number of oxime groups is 1. The van der Waals surface area contributed by atoms with Crippen molar-refractivity contribution in [2.75, 3.05) is 12.8 Å². The average molecular weight is 185 g/mol. The largest absolute Gasteiger partial charge is 0.399 e. The number of carbonyl (C=O) groups is 1. The van der Waals surface area contributed by atoms with E-state index < -0.39 is 0 Å². The van der Waals surface area contributed by atoms with Gasteiger partial charge >= 0.3 is 0 Å². The van der Waals surface area contributed by atoms with Crippen LogP contribution in [-0.4, -0.2) is 24.1 Å². The van der Waals surface area contributed by atoms with Gasteiger partial charge in [-0.3, -0.25) is 4.79 Å². The monoisotopic (exact) mass is 185 g/mol. The fourth-order valence-electron chi connectivity index (χ4n) is 0.555. The van der Waals surface area contributed by atoms with Crippen molar-refractivity contribution < 1.29 is 9.63 Å². The van der Waals surface area contributed by atoms with Gasteiger partial charge in [-0.25, -0.2) is 4.98 Å². The molecule has 12 heavy (non-hydrogen) atoms. The van der Waals surface area contributed by atoms with E-state index in [0.29, 0.717) is 10.8 Å². The minimum absolute atomic E-state index is 0.307.